The van der Waals surface area contributed by atoms with Crippen LogP contribution in [0.15, 0.2) is 0 Å². The standard InChI is InChI=1S/C51H98O6/c1-6-8-9-10-11-12-13-15-20-23-26-33-38-43-51(54)57-48(45-56-50(53)42-37-32-28-27-30-35-40-47(5)7-2)44-55-49(52)41-36-31-25-22-19-17-14-16-18-21-24-29-34-39-46(3)4/h46-48H,6-45H2,1-5H3/t47?,48-/m0/s1. The van der Waals surface area contributed by atoms with Crippen molar-refractivity contribution in [2.45, 2.75) is 285 Å². The first-order valence-corrected chi connectivity index (χ1v) is 25.3. The van der Waals surface area contributed by atoms with Gasteiger partial charge in [0.1, 0.15) is 13.2 Å². The minimum Gasteiger partial charge on any atom is -0.462 e. The van der Waals surface area contributed by atoms with Crippen molar-refractivity contribution in [3.63, 3.8) is 0 Å². The Labute approximate surface area is 355 Å². The van der Waals surface area contributed by atoms with Crippen molar-refractivity contribution < 1.29 is 28.6 Å². The van der Waals surface area contributed by atoms with Crippen molar-refractivity contribution >= 4 is 17.9 Å². The number of ether oxygens (including phenoxy) is 3. The van der Waals surface area contributed by atoms with E-state index in [-0.39, 0.29) is 31.1 Å². The molecule has 6 heteroatoms. The second-order valence-electron chi connectivity index (χ2n) is 18.2. The van der Waals surface area contributed by atoms with Crippen LogP contribution in [0.5, 0.6) is 0 Å². The van der Waals surface area contributed by atoms with Crippen molar-refractivity contribution in [3.8, 4) is 0 Å². The summed E-state index contributed by atoms with van der Waals surface area (Å²) in [6, 6.07) is 0. The van der Waals surface area contributed by atoms with E-state index < -0.39 is 6.10 Å². The summed E-state index contributed by atoms with van der Waals surface area (Å²) in [6.07, 6.45) is 43.7. The van der Waals surface area contributed by atoms with Crippen molar-refractivity contribution in [1.29, 1.82) is 0 Å². The molecule has 0 aromatic heterocycles. The van der Waals surface area contributed by atoms with Crippen LogP contribution in [0.1, 0.15) is 279 Å². The average Bonchev–Trinajstić information content (AvgIpc) is 3.19. The highest BCUT2D eigenvalue weighted by molar-refractivity contribution is 5.71. The Balaban J connectivity index is 4.30. The number of hydrogen-bond donors (Lipinski definition) is 0. The first-order valence-electron chi connectivity index (χ1n) is 25.3. The molecule has 0 fully saturated rings. The molecule has 338 valence electrons. The van der Waals surface area contributed by atoms with Crippen LogP contribution in [-0.2, 0) is 28.6 Å². The summed E-state index contributed by atoms with van der Waals surface area (Å²) in [5.74, 6) is 0.802. The van der Waals surface area contributed by atoms with Gasteiger partial charge in [0.05, 0.1) is 0 Å². The maximum absolute atomic E-state index is 12.8. The molecule has 0 radical (unpaired) electrons. The maximum atomic E-state index is 12.8. The van der Waals surface area contributed by atoms with Gasteiger partial charge in [-0.15, -0.1) is 0 Å². The number of rotatable bonds is 45. The molecule has 0 aromatic carbocycles. The molecule has 0 aliphatic carbocycles. The van der Waals surface area contributed by atoms with Crippen molar-refractivity contribution in [2.75, 3.05) is 13.2 Å². The first kappa shape index (κ1) is 55.4. The van der Waals surface area contributed by atoms with E-state index in [2.05, 4.69) is 34.6 Å². The smallest absolute Gasteiger partial charge is 0.306 e. The highest BCUT2D eigenvalue weighted by atomic mass is 16.6. The van der Waals surface area contributed by atoms with Crippen LogP contribution >= 0.6 is 0 Å². The number of carbonyl (C=O) groups excluding carboxylic acids is 3. The fourth-order valence-corrected chi connectivity index (χ4v) is 7.60. The van der Waals surface area contributed by atoms with Gasteiger partial charge in [-0.25, -0.2) is 0 Å². The summed E-state index contributed by atoms with van der Waals surface area (Å²) in [5.41, 5.74) is 0. The lowest BCUT2D eigenvalue weighted by Gasteiger charge is -2.18. The van der Waals surface area contributed by atoms with Crippen molar-refractivity contribution in [2.24, 2.45) is 11.8 Å². The van der Waals surface area contributed by atoms with Crippen LogP contribution in [-0.4, -0.2) is 37.2 Å². The van der Waals surface area contributed by atoms with Crippen LogP contribution in [0.2, 0.25) is 0 Å². The van der Waals surface area contributed by atoms with Gasteiger partial charge in [0, 0.05) is 19.3 Å². The largest absolute Gasteiger partial charge is 0.462 e. The number of hydrogen-bond acceptors (Lipinski definition) is 6. The summed E-state index contributed by atoms with van der Waals surface area (Å²) in [6.45, 7) is 11.3. The minimum absolute atomic E-state index is 0.0644. The summed E-state index contributed by atoms with van der Waals surface area (Å²) in [4.78, 5) is 37.9. The Bertz CT molecular complexity index is 872. The molecule has 0 amide bonds. The fraction of sp³-hybridized carbons (Fsp3) is 0.941. The van der Waals surface area contributed by atoms with E-state index in [0.717, 1.165) is 69.6 Å². The van der Waals surface area contributed by atoms with Gasteiger partial charge in [-0.2, -0.15) is 0 Å². The van der Waals surface area contributed by atoms with E-state index in [0.29, 0.717) is 19.3 Å². The maximum Gasteiger partial charge on any atom is 0.306 e. The van der Waals surface area contributed by atoms with E-state index in [4.69, 9.17) is 14.2 Å². The normalized spacial score (nSPS) is 12.5. The predicted octanol–water partition coefficient (Wildman–Crippen LogP) is 16.1. The lowest BCUT2D eigenvalue weighted by Crippen LogP contribution is -2.30. The number of esters is 3. The third-order valence-electron chi connectivity index (χ3n) is 11.8. The highest BCUT2D eigenvalue weighted by Crippen LogP contribution is 2.17. The van der Waals surface area contributed by atoms with Crippen LogP contribution in [0.4, 0.5) is 0 Å². The third kappa shape index (κ3) is 43.8. The molecule has 0 saturated carbocycles. The van der Waals surface area contributed by atoms with E-state index in [1.807, 2.05) is 0 Å². The lowest BCUT2D eigenvalue weighted by molar-refractivity contribution is -0.167. The molecule has 2 atom stereocenters. The van der Waals surface area contributed by atoms with Crippen molar-refractivity contribution in [1.82, 2.24) is 0 Å². The van der Waals surface area contributed by atoms with Gasteiger partial charge in [-0.3, -0.25) is 14.4 Å². The molecular weight excluding hydrogens is 709 g/mol. The van der Waals surface area contributed by atoms with Gasteiger partial charge in [-0.1, -0.05) is 240 Å². The molecule has 0 spiro atoms. The van der Waals surface area contributed by atoms with Gasteiger partial charge >= 0.3 is 17.9 Å². The Morgan fingerprint density at radius 2 is 0.667 bits per heavy atom. The molecular formula is C51H98O6. The molecule has 0 rings (SSSR count). The van der Waals surface area contributed by atoms with Gasteiger partial charge < -0.3 is 14.2 Å². The quantitative estimate of drug-likeness (QED) is 0.0346. The van der Waals surface area contributed by atoms with Gasteiger partial charge in [-0.05, 0) is 31.1 Å². The average molecular weight is 807 g/mol. The molecule has 0 saturated heterocycles. The minimum atomic E-state index is -0.761. The second kappa shape index (κ2) is 44.0. The topological polar surface area (TPSA) is 78.9 Å². The highest BCUT2D eigenvalue weighted by Gasteiger charge is 2.19. The summed E-state index contributed by atoms with van der Waals surface area (Å²) in [7, 11) is 0. The molecule has 0 aromatic rings. The Kier molecular flexibility index (Phi) is 42.7. The zero-order valence-electron chi connectivity index (χ0n) is 39.0. The molecule has 0 bridgehead atoms. The molecule has 57 heavy (non-hydrogen) atoms. The zero-order chi connectivity index (χ0) is 41.9. The predicted molar refractivity (Wildman–Crippen MR) is 243 cm³/mol. The fourth-order valence-electron chi connectivity index (χ4n) is 7.60. The van der Waals surface area contributed by atoms with E-state index in [1.54, 1.807) is 0 Å². The Morgan fingerprint density at radius 1 is 0.368 bits per heavy atom. The lowest BCUT2D eigenvalue weighted by atomic mass is 10.00. The number of carbonyl (C=O) groups is 3. The summed E-state index contributed by atoms with van der Waals surface area (Å²) >= 11 is 0. The van der Waals surface area contributed by atoms with Crippen LogP contribution < -0.4 is 0 Å². The zero-order valence-corrected chi connectivity index (χ0v) is 39.0. The number of unbranched alkanes of at least 4 members (excludes halogenated alkanes) is 29. The van der Waals surface area contributed by atoms with Crippen LogP contribution in [0.3, 0.4) is 0 Å². The van der Waals surface area contributed by atoms with Crippen LogP contribution in [0, 0.1) is 11.8 Å². The Morgan fingerprint density at radius 3 is 1.00 bits per heavy atom. The van der Waals surface area contributed by atoms with E-state index >= 15 is 0 Å². The first-order chi connectivity index (χ1) is 27.8. The summed E-state index contributed by atoms with van der Waals surface area (Å²) in [5, 5.41) is 0. The van der Waals surface area contributed by atoms with E-state index in [1.165, 1.54) is 167 Å². The molecule has 0 aliphatic heterocycles. The molecule has 0 aliphatic rings. The third-order valence-corrected chi connectivity index (χ3v) is 11.8. The monoisotopic (exact) mass is 807 g/mol. The molecule has 0 N–H and O–H groups in total. The Hall–Kier alpha value is -1.59. The van der Waals surface area contributed by atoms with Gasteiger partial charge in [0.25, 0.3) is 0 Å². The molecule has 1 unspecified atom stereocenters. The van der Waals surface area contributed by atoms with Crippen molar-refractivity contribution in [3.05, 3.63) is 0 Å². The van der Waals surface area contributed by atoms with Crippen LogP contribution in [0.25, 0.3) is 0 Å². The molecule has 6 nitrogen and oxygen atoms in total. The van der Waals surface area contributed by atoms with Gasteiger partial charge in [0.15, 0.2) is 6.10 Å². The van der Waals surface area contributed by atoms with Gasteiger partial charge in [0.2, 0.25) is 0 Å². The molecule has 0 heterocycles. The van der Waals surface area contributed by atoms with E-state index in [9.17, 15) is 14.4 Å². The SMILES string of the molecule is CCCCCCCCCCCCCCCC(=O)O[C@@H](COC(=O)CCCCCCCCCCCCCCCC(C)C)COC(=O)CCCCCCCCC(C)CC. The second-order valence-corrected chi connectivity index (χ2v) is 18.2. The summed E-state index contributed by atoms with van der Waals surface area (Å²) < 4.78 is 16.8.